The van der Waals surface area contributed by atoms with E-state index in [1.54, 1.807) is 12.1 Å². The van der Waals surface area contributed by atoms with Crippen LogP contribution in [0.1, 0.15) is 11.7 Å². The second-order valence-corrected chi connectivity index (χ2v) is 5.01. The molecule has 0 radical (unpaired) electrons. The number of ether oxygens (including phenoxy) is 1. The lowest BCUT2D eigenvalue weighted by atomic mass is 10.1. The van der Waals surface area contributed by atoms with Crippen LogP contribution in [0.2, 0.25) is 0 Å². The number of hydrogen-bond donors (Lipinski definition) is 1. The van der Waals surface area contributed by atoms with Gasteiger partial charge in [-0.2, -0.15) is 0 Å². The van der Waals surface area contributed by atoms with E-state index >= 15 is 0 Å². The number of anilines is 1. The van der Waals surface area contributed by atoms with Gasteiger partial charge < -0.3 is 10.1 Å². The van der Waals surface area contributed by atoms with Crippen LogP contribution in [0, 0.1) is 5.82 Å². The van der Waals surface area contributed by atoms with Crippen LogP contribution in [-0.2, 0) is 0 Å². The molecule has 0 fully saturated rings. The minimum atomic E-state index is -0.261. The molecule has 0 saturated carbocycles. The first-order valence-corrected chi connectivity index (χ1v) is 6.48. The lowest BCUT2D eigenvalue weighted by molar-refractivity contribution is 0.210. The maximum atomic E-state index is 13.2. The topological polar surface area (TPSA) is 21.3 Å². The number of rotatable bonds is 1. The van der Waals surface area contributed by atoms with Crippen LogP contribution in [-0.4, -0.2) is 6.54 Å². The Kier molecular flexibility index (Phi) is 2.96. The number of halogens is 2. The highest BCUT2D eigenvalue weighted by Crippen LogP contribution is 2.34. The molecule has 2 aromatic carbocycles. The molecule has 2 aromatic rings. The predicted octanol–water partition coefficient (Wildman–Crippen LogP) is 4.13. The zero-order valence-electron chi connectivity index (χ0n) is 9.49. The predicted molar refractivity (Wildman–Crippen MR) is 72.4 cm³/mol. The molecule has 1 aliphatic heterocycles. The Morgan fingerprint density at radius 1 is 1.22 bits per heavy atom. The molecule has 0 spiro atoms. The Bertz CT molecular complexity index is 588. The van der Waals surface area contributed by atoms with Gasteiger partial charge in [0.2, 0.25) is 0 Å². The Hall–Kier alpha value is -1.55. The summed E-state index contributed by atoms with van der Waals surface area (Å²) in [6, 6.07) is 12.8. The van der Waals surface area contributed by atoms with E-state index in [2.05, 4.69) is 21.2 Å². The van der Waals surface area contributed by atoms with Crippen molar-refractivity contribution in [3.05, 3.63) is 58.3 Å². The molecule has 1 N–H and O–H groups in total. The molecule has 18 heavy (non-hydrogen) atoms. The van der Waals surface area contributed by atoms with Gasteiger partial charge in [0.05, 0.1) is 16.7 Å². The molecule has 0 saturated heterocycles. The lowest BCUT2D eigenvalue weighted by Gasteiger charge is -2.27. The average Bonchev–Trinajstić information content (AvgIpc) is 2.41. The summed E-state index contributed by atoms with van der Waals surface area (Å²) >= 11 is 3.19. The number of hydrogen-bond acceptors (Lipinski definition) is 2. The van der Waals surface area contributed by atoms with E-state index in [1.807, 2.05) is 24.3 Å². The largest absolute Gasteiger partial charge is 0.482 e. The van der Waals surface area contributed by atoms with E-state index in [9.17, 15) is 4.39 Å². The molecule has 3 rings (SSSR count). The number of para-hydroxylation sites is 2. The molecular formula is C14H11BrFNO. The van der Waals surface area contributed by atoms with E-state index in [-0.39, 0.29) is 11.9 Å². The van der Waals surface area contributed by atoms with Crippen molar-refractivity contribution in [3.8, 4) is 5.75 Å². The summed E-state index contributed by atoms with van der Waals surface area (Å²) in [5, 5.41) is 3.31. The lowest BCUT2D eigenvalue weighted by Crippen LogP contribution is -2.23. The molecule has 1 atom stereocenters. The highest BCUT2D eigenvalue weighted by molar-refractivity contribution is 9.10. The van der Waals surface area contributed by atoms with Gasteiger partial charge in [-0.05, 0) is 45.8 Å². The molecule has 1 aliphatic rings. The van der Waals surface area contributed by atoms with Crippen LogP contribution in [0.25, 0.3) is 0 Å². The van der Waals surface area contributed by atoms with Crippen LogP contribution in [0.4, 0.5) is 10.1 Å². The third kappa shape index (κ3) is 2.08. The SMILES string of the molecule is Fc1ccc(C2CNc3ccccc3O2)cc1Br. The standard InChI is InChI=1S/C14H11BrFNO/c15-10-7-9(5-6-11(10)16)14-8-17-12-3-1-2-4-13(12)18-14/h1-7,14,17H,8H2. The second-order valence-electron chi connectivity index (χ2n) is 4.16. The third-order valence-corrected chi connectivity index (χ3v) is 3.56. The van der Waals surface area contributed by atoms with E-state index in [4.69, 9.17) is 4.74 Å². The third-order valence-electron chi connectivity index (χ3n) is 2.95. The van der Waals surface area contributed by atoms with Crippen molar-refractivity contribution < 1.29 is 9.13 Å². The molecule has 1 unspecified atom stereocenters. The van der Waals surface area contributed by atoms with Crippen LogP contribution in [0.3, 0.4) is 0 Å². The minimum absolute atomic E-state index is 0.100. The first-order valence-electron chi connectivity index (χ1n) is 5.68. The normalized spacial score (nSPS) is 17.6. The van der Waals surface area contributed by atoms with Crippen molar-refractivity contribution in [2.45, 2.75) is 6.10 Å². The van der Waals surface area contributed by atoms with Gasteiger partial charge in [-0.15, -0.1) is 0 Å². The van der Waals surface area contributed by atoms with Crippen LogP contribution in [0.5, 0.6) is 5.75 Å². The zero-order valence-corrected chi connectivity index (χ0v) is 11.1. The van der Waals surface area contributed by atoms with E-state index < -0.39 is 0 Å². The van der Waals surface area contributed by atoms with Gasteiger partial charge in [0.25, 0.3) is 0 Å². The van der Waals surface area contributed by atoms with Gasteiger partial charge in [0.15, 0.2) is 0 Å². The molecule has 0 amide bonds. The fourth-order valence-electron chi connectivity index (χ4n) is 2.01. The quantitative estimate of drug-likeness (QED) is 0.855. The minimum Gasteiger partial charge on any atom is -0.482 e. The molecule has 0 bridgehead atoms. The van der Waals surface area contributed by atoms with Crippen LogP contribution >= 0.6 is 15.9 Å². The van der Waals surface area contributed by atoms with Crippen molar-refractivity contribution in [1.29, 1.82) is 0 Å². The Labute approximate surface area is 113 Å². The van der Waals surface area contributed by atoms with Crippen LogP contribution < -0.4 is 10.1 Å². The number of nitrogens with one attached hydrogen (secondary N) is 1. The average molecular weight is 308 g/mol. The fourth-order valence-corrected chi connectivity index (χ4v) is 2.41. The summed E-state index contributed by atoms with van der Waals surface area (Å²) in [6.07, 6.45) is -0.100. The molecule has 2 nitrogen and oxygen atoms in total. The number of fused-ring (bicyclic) bond motifs is 1. The van der Waals surface area contributed by atoms with Gasteiger partial charge in [-0.1, -0.05) is 18.2 Å². The zero-order chi connectivity index (χ0) is 12.5. The Morgan fingerprint density at radius 3 is 2.89 bits per heavy atom. The summed E-state index contributed by atoms with van der Waals surface area (Å²) in [5.41, 5.74) is 1.94. The first kappa shape index (κ1) is 11.5. The van der Waals surface area contributed by atoms with Crippen molar-refractivity contribution in [1.82, 2.24) is 0 Å². The van der Waals surface area contributed by atoms with Crippen molar-refractivity contribution in [2.24, 2.45) is 0 Å². The Balaban J connectivity index is 1.89. The maximum absolute atomic E-state index is 13.2. The highest BCUT2D eigenvalue weighted by Gasteiger charge is 2.20. The van der Waals surface area contributed by atoms with E-state index in [1.165, 1.54) is 6.07 Å². The summed E-state index contributed by atoms with van der Waals surface area (Å²) in [4.78, 5) is 0. The smallest absolute Gasteiger partial charge is 0.143 e. The summed E-state index contributed by atoms with van der Waals surface area (Å²) in [6.45, 7) is 0.676. The fraction of sp³-hybridized carbons (Fsp3) is 0.143. The van der Waals surface area contributed by atoms with Crippen LogP contribution in [0.15, 0.2) is 46.9 Å². The second kappa shape index (κ2) is 4.61. The first-order chi connectivity index (χ1) is 8.74. The van der Waals surface area contributed by atoms with Gasteiger partial charge in [0, 0.05) is 0 Å². The maximum Gasteiger partial charge on any atom is 0.143 e. The van der Waals surface area contributed by atoms with Crippen molar-refractivity contribution in [2.75, 3.05) is 11.9 Å². The van der Waals surface area contributed by atoms with E-state index in [0.29, 0.717) is 11.0 Å². The monoisotopic (exact) mass is 307 g/mol. The van der Waals surface area contributed by atoms with Gasteiger partial charge in [-0.3, -0.25) is 0 Å². The van der Waals surface area contributed by atoms with Gasteiger partial charge in [0.1, 0.15) is 17.7 Å². The molecule has 0 aliphatic carbocycles. The molecule has 4 heteroatoms. The molecule has 92 valence electrons. The van der Waals surface area contributed by atoms with Gasteiger partial charge in [-0.25, -0.2) is 4.39 Å². The van der Waals surface area contributed by atoms with Crippen molar-refractivity contribution >= 4 is 21.6 Å². The van der Waals surface area contributed by atoms with E-state index in [0.717, 1.165) is 17.0 Å². The summed E-state index contributed by atoms with van der Waals surface area (Å²) in [5.74, 6) is 0.567. The molecule has 0 aromatic heterocycles. The van der Waals surface area contributed by atoms with Gasteiger partial charge >= 0.3 is 0 Å². The van der Waals surface area contributed by atoms with Crippen molar-refractivity contribution in [3.63, 3.8) is 0 Å². The summed E-state index contributed by atoms with van der Waals surface area (Å²) < 4.78 is 19.6. The number of benzene rings is 2. The summed E-state index contributed by atoms with van der Waals surface area (Å²) in [7, 11) is 0. The molecule has 1 heterocycles. The highest BCUT2D eigenvalue weighted by atomic mass is 79.9. The Morgan fingerprint density at radius 2 is 2.06 bits per heavy atom. The molecular weight excluding hydrogens is 297 g/mol.